The first kappa shape index (κ1) is 25.3. The van der Waals surface area contributed by atoms with Crippen LogP contribution in [0.1, 0.15) is 25.3 Å². The fourth-order valence-electron chi connectivity index (χ4n) is 4.57. The number of benzene rings is 3. The number of unbranched alkanes of at least 4 members (excludes halogenated alkanes) is 1. The minimum absolute atomic E-state index is 0.207. The molecule has 0 fully saturated rings. The molecule has 0 aliphatic heterocycles. The number of carbonyl (C=O) groups is 1. The molecule has 5 rings (SSSR count). The number of fused-ring (bicyclic) bond motifs is 2. The summed E-state index contributed by atoms with van der Waals surface area (Å²) < 4.78 is 27.1. The smallest absolute Gasteiger partial charge is 0.497 e. The number of methoxy groups -OCH3 is 2. The molecule has 2 aromatic heterocycles. The van der Waals surface area contributed by atoms with Gasteiger partial charge in [-0.2, -0.15) is 8.75 Å². The van der Waals surface area contributed by atoms with Gasteiger partial charge in [-0.25, -0.2) is 4.79 Å². The third-order valence-corrected chi connectivity index (χ3v) is 6.95. The molecular weight excluding hydrogens is 504 g/mol. The Morgan fingerprint density at radius 1 is 1.03 bits per heavy atom. The average molecular weight is 533 g/mol. The minimum atomic E-state index is -1.40. The van der Waals surface area contributed by atoms with Crippen LogP contribution in [0, 0.1) is 0 Å². The Morgan fingerprint density at radius 2 is 1.87 bits per heavy atom. The van der Waals surface area contributed by atoms with Crippen LogP contribution in [0.4, 0.5) is 10.5 Å². The average Bonchev–Trinajstić information content (AvgIpc) is 3.50. The van der Waals surface area contributed by atoms with Gasteiger partial charge in [-0.3, -0.25) is 0 Å². The van der Waals surface area contributed by atoms with Gasteiger partial charge < -0.3 is 29.2 Å². The van der Waals surface area contributed by atoms with E-state index < -0.39 is 6.16 Å². The topological polar surface area (TPSA) is 108 Å². The molecule has 38 heavy (non-hydrogen) atoms. The van der Waals surface area contributed by atoms with E-state index in [0.717, 1.165) is 64.3 Å². The summed E-state index contributed by atoms with van der Waals surface area (Å²) in [5.74, 6) is 1.37. The van der Waals surface area contributed by atoms with Gasteiger partial charge in [0.1, 0.15) is 22.5 Å². The number of nitrogens with one attached hydrogen (secondary N) is 1. The molecule has 3 aromatic carbocycles. The van der Waals surface area contributed by atoms with Crippen molar-refractivity contribution in [2.24, 2.45) is 0 Å². The molecule has 0 atom stereocenters. The van der Waals surface area contributed by atoms with E-state index in [-0.39, 0.29) is 5.88 Å². The number of anilines is 1. The molecule has 0 saturated heterocycles. The second-order valence-electron chi connectivity index (χ2n) is 8.80. The second-order valence-corrected chi connectivity index (χ2v) is 9.33. The Kier molecular flexibility index (Phi) is 7.32. The van der Waals surface area contributed by atoms with Crippen LogP contribution in [0.15, 0.2) is 54.6 Å². The quantitative estimate of drug-likeness (QED) is 0.152. The number of nitrogens with zero attached hydrogens (tertiary/aromatic N) is 3. The van der Waals surface area contributed by atoms with Gasteiger partial charge >= 0.3 is 6.16 Å². The zero-order valence-electron chi connectivity index (χ0n) is 21.4. The van der Waals surface area contributed by atoms with Gasteiger partial charge in [0.2, 0.25) is 5.88 Å². The van der Waals surface area contributed by atoms with Crippen LogP contribution in [0.25, 0.3) is 33.1 Å². The van der Waals surface area contributed by atoms with Crippen LogP contribution in [-0.2, 0) is 6.54 Å². The number of hydrogen-bond donors (Lipinski definition) is 2. The van der Waals surface area contributed by atoms with E-state index in [1.807, 2.05) is 53.1 Å². The van der Waals surface area contributed by atoms with Gasteiger partial charge in [0.05, 0.1) is 43.6 Å². The number of hydrogen-bond acceptors (Lipinski definition) is 8. The van der Waals surface area contributed by atoms with E-state index >= 15 is 0 Å². The first-order valence-corrected chi connectivity index (χ1v) is 13.0. The second kappa shape index (κ2) is 11.0. The normalized spacial score (nSPS) is 11.1. The largest absolute Gasteiger partial charge is 0.512 e. The van der Waals surface area contributed by atoms with Crippen molar-refractivity contribution in [3.05, 3.63) is 60.2 Å². The molecule has 0 aliphatic rings. The third kappa shape index (κ3) is 4.95. The van der Waals surface area contributed by atoms with Gasteiger partial charge in [-0.05, 0) is 54.4 Å². The van der Waals surface area contributed by atoms with Crippen LogP contribution in [0.5, 0.6) is 17.4 Å². The van der Waals surface area contributed by atoms with Gasteiger partial charge in [-0.1, -0.05) is 19.4 Å². The van der Waals surface area contributed by atoms with Crippen LogP contribution in [0.2, 0.25) is 0 Å². The lowest BCUT2D eigenvalue weighted by Crippen LogP contribution is -2.10. The van der Waals surface area contributed by atoms with Gasteiger partial charge in [0.15, 0.2) is 0 Å². The van der Waals surface area contributed by atoms with E-state index in [4.69, 9.17) is 14.2 Å². The highest BCUT2D eigenvalue weighted by molar-refractivity contribution is 7.00. The first-order chi connectivity index (χ1) is 18.5. The van der Waals surface area contributed by atoms with Crippen LogP contribution < -0.4 is 19.5 Å². The molecule has 0 amide bonds. The van der Waals surface area contributed by atoms with Crippen molar-refractivity contribution in [3.8, 4) is 28.5 Å². The molecule has 196 valence electrons. The van der Waals surface area contributed by atoms with E-state index in [9.17, 15) is 9.90 Å². The van der Waals surface area contributed by atoms with Crippen molar-refractivity contribution in [1.82, 2.24) is 13.3 Å². The zero-order valence-corrected chi connectivity index (χ0v) is 22.2. The summed E-state index contributed by atoms with van der Waals surface area (Å²) in [7, 11) is 3.16. The SMILES string of the molecule is CCCCNc1ccc2c(c1)c(-c1ccc(OC)cc1OC)c(OC(=O)O)n2Cc1ccc2nsnc2c1. The summed E-state index contributed by atoms with van der Waals surface area (Å²) in [6, 6.07) is 17.3. The minimum Gasteiger partial charge on any atom is -0.497 e. The molecule has 10 heteroatoms. The lowest BCUT2D eigenvalue weighted by molar-refractivity contribution is 0.141. The fraction of sp³-hybridized carbons (Fsp3) is 0.250. The van der Waals surface area contributed by atoms with Crippen molar-refractivity contribution in [2.45, 2.75) is 26.3 Å². The van der Waals surface area contributed by atoms with Crippen molar-refractivity contribution >= 4 is 45.5 Å². The predicted molar refractivity (Wildman–Crippen MR) is 149 cm³/mol. The maximum atomic E-state index is 12.0. The zero-order chi connectivity index (χ0) is 26.6. The third-order valence-electron chi connectivity index (χ3n) is 6.40. The number of aromatic nitrogens is 3. The summed E-state index contributed by atoms with van der Waals surface area (Å²) in [6.45, 7) is 3.35. The summed E-state index contributed by atoms with van der Waals surface area (Å²) in [4.78, 5) is 12.0. The van der Waals surface area contributed by atoms with Gasteiger partial charge in [0, 0.05) is 29.2 Å². The highest BCUT2D eigenvalue weighted by Gasteiger charge is 2.25. The molecule has 2 heterocycles. The Morgan fingerprint density at radius 3 is 2.63 bits per heavy atom. The monoisotopic (exact) mass is 532 g/mol. The molecule has 2 N–H and O–H groups in total. The maximum absolute atomic E-state index is 12.0. The molecule has 0 unspecified atom stereocenters. The van der Waals surface area contributed by atoms with Crippen LogP contribution in [0.3, 0.4) is 0 Å². The number of ether oxygens (including phenoxy) is 3. The highest BCUT2D eigenvalue weighted by atomic mass is 32.1. The number of rotatable bonds is 10. The van der Waals surface area contributed by atoms with Crippen LogP contribution in [-0.4, -0.2) is 45.3 Å². The Hall–Kier alpha value is -4.31. The summed E-state index contributed by atoms with van der Waals surface area (Å²) in [6.07, 6.45) is 0.720. The Labute approximate surface area is 223 Å². The van der Waals surface area contributed by atoms with Gasteiger partial charge in [-0.15, -0.1) is 0 Å². The Bertz CT molecular complexity index is 1610. The standard InChI is InChI=1S/C28H28N4O5S/c1-4-5-12-29-18-7-11-24-21(14-18)26(20-9-8-19(35-2)15-25(20)36-3)27(37-28(33)34)32(24)16-17-6-10-22-23(13-17)31-38-30-22/h6-11,13-15,29H,4-5,12,16H2,1-3H3,(H,33,34). The maximum Gasteiger partial charge on any atom is 0.512 e. The molecule has 0 saturated carbocycles. The summed E-state index contributed by atoms with van der Waals surface area (Å²) in [5.41, 5.74) is 5.64. The molecule has 0 bridgehead atoms. The summed E-state index contributed by atoms with van der Waals surface area (Å²) in [5, 5.41) is 14.1. The lowest BCUT2D eigenvalue weighted by Gasteiger charge is -2.13. The molecular formula is C28H28N4O5S. The lowest BCUT2D eigenvalue weighted by atomic mass is 10.0. The van der Waals surface area contributed by atoms with Crippen molar-refractivity contribution < 1.29 is 24.1 Å². The van der Waals surface area contributed by atoms with Crippen molar-refractivity contribution in [1.29, 1.82) is 0 Å². The molecule has 0 spiro atoms. The Balaban J connectivity index is 1.74. The van der Waals surface area contributed by atoms with Gasteiger partial charge in [0.25, 0.3) is 0 Å². The van der Waals surface area contributed by atoms with E-state index in [1.54, 1.807) is 20.3 Å². The van der Waals surface area contributed by atoms with Crippen molar-refractivity contribution in [2.75, 3.05) is 26.1 Å². The molecule has 0 radical (unpaired) electrons. The molecule has 9 nitrogen and oxygen atoms in total. The van der Waals surface area contributed by atoms with Crippen molar-refractivity contribution in [3.63, 3.8) is 0 Å². The number of carboxylic acid groups (broad SMARTS) is 1. The predicted octanol–water partition coefficient (Wildman–Crippen LogP) is 6.65. The molecule has 5 aromatic rings. The molecule has 0 aliphatic carbocycles. The summed E-state index contributed by atoms with van der Waals surface area (Å²) >= 11 is 1.16. The fourth-order valence-corrected chi connectivity index (χ4v) is 5.09. The van der Waals surface area contributed by atoms with E-state index in [0.29, 0.717) is 29.2 Å². The first-order valence-electron chi connectivity index (χ1n) is 12.3. The van der Waals surface area contributed by atoms with E-state index in [1.165, 1.54) is 0 Å². The van der Waals surface area contributed by atoms with Crippen LogP contribution >= 0.6 is 11.7 Å². The van der Waals surface area contributed by atoms with E-state index in [2.05, 4.69) is 21.0 Å². The highest BCUT2D eigenvalue weighted by Crippen LogP contribution is 2.46.